The number of benzene rings is 2. The highest BCUT2D eigenvalue weighted by Gasteiger charge is 2.52. The fourth-order valence-electron chi connectivity index (χ4n) is 4.83. The molecule has 2 heterocycles. The van der Waals surface area contributed by atoms with Crippen molar-refractivity contribution in [3.8, 4) is 0 Å². The Balaban J connectivity index is 1.70. The van der Waals surface area contributed by atoms with E-state index >= 15 is 0 Å². The first kappa shape index (κ1) is 24.6. The number of halogens is 3. The first-order valence-electron chi connectivity index (χ1n) is 11.2. The van der Waals surface area contributed by atoms with Crippen molar-refractivity contribution < 1.29 is 13.2 Å². The second-order valence-electron chi connectivity index (χ2n) is 9.02. The second-order valence-corrected chi connectivity index (χ2v) is 12.9. The molecular formula is C25H22BrCl2N3O3S. The number of amides is 1. The van der Waals surface area contributed by atoms with Crippen molar-refractivity contribution in [3.05, 3.63) is 80.9 Å². The molecule has 1 amide bonds. The number of nitrogens with zero attached hydrogens (tertiary/aromatic N) is 3. The van der Waals surface area contributed by atoms with Crippen LogP contribution in [0.25, 0.3) is 0 Å². The van der Waals surface area contributed by atoms with Gasteiger partial charge in [0.2, 0.25) is 15.8 Å². The zero-order valence-electron chi connectivity index (χ0n) is 18.8. The van der Waals surface area contributed by atoms with Crippen molar-refractivity contribution in [2.24, 2.45) is 0 Å². The summed E-state index contributed by atoms with van der Waals surface area (Å²) in [7, 11) is -3.78. The average Bonchev–Trinajstić information content (AvgIpc) is 3.34. The van der Waals surface area contributed by atoms with Crippen LogP contribution in [0, 0.1) is 0 Å². The van der Waals surface area contributed by atoms with Crippen LogP contribution < -0.4 is 4.90 Å². The summed E-state index contributed by atoms with van der Waals surface area (Å²) in [6, 6.07) is 12.4. The third-order valence-corrected chi connectivity index (χ3v) is 9.56. The molecule has 0 saturated carbocycles. The van der Waals surface area contributed by atoms with Crippen molar-refractivity contribution in [2.45, 2.75) is 48.4 Å². The van der Waals surface area contributed by atoms with Crippen LogP contribution in [0.2, 0.25) is 10.0 Å². The summed E-state index contributed by atoms with van der Waals surface area (Å²) < 4.78 is 30.0. The Kier molecular flexibility index (Phi) is 6.36. The smallest absolute Gasteiger partial charge is 0.260 e. The second kappa shape index (κ2) is 9.07. The zero-order valence-corrected chi connectivity index (χ0v) is 22.7. The van der Waals surface area contributed by atoms with E-state index in [2.05, 4.69) is 20.9 Å². The fraction of sp³-hybridized carbons (Fsp3) is 0.280. The lowest BCUT2D eigenvalue weighted by molar-refractivity contribution is -0.124. The monoisotopic (exact) mass is 593 g/mol. The first-order chi connectivity index (χ1) is 16.6. The molecule has 2 unspecified atom stereocenters. The minimum atomic E-state index is -3.78. The van der Waals surface area contributed by atoms with Gasteiger partial charge in [0.15, 0.2) is 5.03 Å². The van der Waals surface area contributed by atoms with Gasteiger partial charge in [0.25, 0.3) is 5.91 Å². The molecule has 0 spiro atoms. The number of allylic oxidation sites excluding steroid dienone is 1. The van der Waals surface area contributed by atoms with Gasteiger partial charge < -0.3 is 0 Å². The number of rotatable bonds is 5. The molecule has 5 rings (SSSR count). The summed E-state index contributed by atoms with van der Waals surface area (Å²) in [6.07, 6.45) is 7.47. The summed E-state index contributed by atoms with van der Waals surface area (Å²) in [6.45, 7) is 1.75. The molecule has 0 radical (unpaired) electrons. The van der Waals surface area contributed by atoms with E-state index in [1.54, 1.807) is 35.8 Å². The van der Waals surface area contributed by atoms with E-state index in [-0.39, 0.29) is 23.3 Å². The average molecular weight is 595 g/mol. The Hall–Kier alpha value is -2.13. The molecular weight excluding hydrogens is 573 g/mol. The topological polar surface area (TPSA) is 72.3 Å². The number of fused-ring (bicyclic) bond motifs is 1. The maximum absolute atomic E-state index is 14.1. The van der Waals surface area contributed by atoms with E-state index < -0.39 is 20.6 Å². The van der Waals surface area contributed by atoms with Crippen LogP contribution in [0.3, 0.4) is 0 Å². The van der Waals surface area contributed by atoms with Crippen molar-refractivity contribution in [1.82, 2.24) is 9.55 Å². The highest BCUT2D eigenvalue weighted by molar-refractivity contribution is 9.10. The number of carbonyl (C=O) groups excluding carboxylic acids is 1. The zero-order chi connectivity index (χ0) is 25.0. The van der Waals surface area contributed by atoms with E-state index in [0.717, 1.165) is 22.9 Å². The SMILES string of the molecule is CC1(Cc2ccc(Br)cc2)C(=O)N(c2cc(Cl)cc(Cl)c2)c2ncc(S(=O)(=O)C3C=CCCC3)n21. The number of anilines is 2. The van der Waals surface area contributed by atoms with Crippen LogP contribution in [0.4, 0.5) is 11.6 Å². The molecule has 182 valence electrons. The van der Waals surface area contributed by atoms with Gasteiger partial charge in [-0.3, -0.25) is 9.36 Å². The maximum atomic E-state index is 14.1. The molecule has 10 heteroatoms. The van der Waals surface area contributed by atoms with Gasteiger partial charge in [-0.2, -0.15) is 0 Å². The number of hydrogen-bond acceptors (Lipinski definition) is 4. The Morgan fingerprint density at radius 3 is 2.46 bits per heavy atom. The molecule has 2 aliphatic rings. The standard InChI is InChI=1S/C25H22BrCl2N3O3S/c1-25(14-16-7-9-17(26)10-8-16)23(32)30(20-12-18(27)11-19(28)13-20)24-29-15-22(31(24)25)35(33,34)21-5-3-2-4-6-21/h3,5,7-13,15,21H,2,4,6,14H2,1H3. The molecule has 0 saturated heterocycles. The predicted octanol–water partition coefficient (Wildman–Crippen LogP) is 6.47. The minimum absolute atomic E-state index is 0.0348. The van der Waals surface area contributed by atoms with Crippen molar-refractivity contribution in [2.75, 3.05) is 4.90 Å². The van der Waals surface area contributed by atoms with Crippen molar-refractivity contribution in [3.63, 3.8) is 0 Å². The van der Waals surface area contributed by atoms with Crippen LogP contribution in [0.1, 0.15) is 31.7 Å². The molecule has 0 fully saturated rings. The van der Waals surface area contributed by atoms with Gasteiger partial charge in [-0.1, -0.05) is 63.4 Å². The largest absolute Gasteiger partial charge is 0.285 e. The number of sulfone groups is 1. The van der Waals surface area contributed by atoms with E-state index in [0.29, 0.717) is 22.2 Å². The van der Waals surface area contributed by atoms with Crippen LogP contribution in [-0.2, 0) is 26.6 Å². The first-order valence-corrected chi connectivity index (χ1v) is 14.2. The Bertz CT molecular complexity index is 1430. The molecule has 2 aromatic carbocycles. The van der Waals surface area contributed by atoms with Crippen LogP contribution in [-0.4, -0.2) is 29.1 Å². The van der Waals surface area contributed by atoms with Gasteiger partial charge in [0.05, 0.1) is 17.1 Å². The predicted molar refractivity (Wildman–Crippen MR) is 141 cm³/mol. The summed E-state index contributed by atoms with van der Waals surface area (Å²) in [4.78, 5) is 19.9. The summed E-state index contributed by atoms with van der Waals surface area (Å²) in [5, 5.41) is 0.103. The molecule has 0 N–H and O–H groups in total. The summed E-state index contributed by atoms with van der Waals surface area (Å²) in [5.74, 6) is -0.0798. The number of hydrogen-bond donors (Lipinski definition) is 0. The van der Waals surface area contributed by atoms with Crippen molar-refractivity contribution >= 4 is 66.5 Å². The Morgan fingerprint density at radius 2 is 1.83 bits per heavy atom. The number of carbonyl (C=O) groups is 1. The molecule has 1 aromatic heterocycles. The summed E-state index contributed by atoms with van der Waals surface area (Å²) in [5.41, 5.74) is 0.0749. The minimum Gasteiger partial charge on any atom is -0.285 e. The van der Waals surface area contributed by atoms with E-state index in [1.807, 2.05) is 30.3 Å². The molecule has 35 heavy (non-hydrogen) atoms. The van der Waals surface area contributed by atoms with Gasteiger partial charge in [0.1, 0.15) is 5.54 Å². The van der Waals surface area contributed by atoms with Crippen LogP contribution in [0.5, 0.6) is 0 Å². The highest BCUT2D eigenvalue weighted by atomic mass is 79.9. The molecule has 2 atom stereocenters. The molecule has 3 aromatic rings. The maximum Gasteiger partial charge on any atom is 0.260 e. The highest BCUT2D eigenvalue weighted by Crippen LogP contribution is 2.45. The van der Waals surface area contributed by atoms with Gasteiger partial charge in [-0.05, 0) is 62.1 Å². The van der Waals surface area contributed by atoms with Gasteiger partial charge >= 0.3 is 0 Å². The molecule has 0 bridgehead atoms. The third-order valence-electron chi connectivity index (χ3n) is 6.54. The Labute approximate surface area is 222 Å². The van der Waals surface area contributed by atoms with E-state index in [4.69, 9.17) is 23.2 Å². The lowest BCUT2D eigenvalue weighted by atomic mass is 9.92. The fourth-order valence-corrected chi connectivity index (χ4v) is 7.45. The third kappa shape index (κ3) is 4.24. The summed E-state index contributed by atoms with van der Waals surface area (Å²) >= 11 is 15.9. The van der Waals surface area contributed by atoms with Gasteiger partial charge in [0, 0.05) is 20.9 Å². The van der Waals surface area contributed by atoms with Crippen LogP contribution >= 0.6 is 39.1 Å². The van der Waals surface area contributed by atoms with E-state index in [1.165, 1.54) is 11.1 Å². The quantitative estimate of drug-likeness (QED) is 0.317. The lowest BCUT2D eigenvalue weighted by Crippen LogP contribution is -2.42. The molecule has 1 aliphatic heterocycles. The lowest BCUT2D eigenvalue weighted by Gasteiger charge is -2.27. The molecule has 1 aliphatic carbocycles. The van der Waals surface area contributed by atoms with Gasteiger partial charge in [-0.25, -0.2) is 18.3 Å². The number of aromatic nitrogens is 2. The van der Waals surface area contributed by atoms with Crippen LogP contribution in [0.15, 0.2) is 70.3 Å². The van der Waals surface area contributed by atoms with Gasteiger partial charge in [-0.15, -0.1) is 0 Å². The Morgan fingerprint density at radius 1 is 1.14 bits per heavy atom. The van der Waals surface area contributed by atoms with Crippen molar-refractivity contribution in [1.29, 1.82) is 0 Å². The van der Waals surface area contributed by atoms with E-state index in [9.17, 15) is 13.2 Å². The molecule has 6 nitrogen and oxygen atoms in total. The number of imidazole rings is 1. The normalized spacial score (nSPS) is 22.0.